The standard InChI is InChI=1S/C17H23FN2O2/c1-22-16-5-4-13(11-14(16)18)17(21)20-9-6-12(7-10-20)15-3-2-8-19-15/h4-5,11-12,15,19H,2-3,6-10H2,1H3. The van der Waals surface area contributed by atoms with Gasteiger partial charge in [0.25, 0.3) is 5.91 Å². The second-order valence-electron chi connectivity index (χ2n) is 6.18. The second-order valence-corrected chi connectivity index (χ2v) is 6.18. The Morgan fingerprint density at radius 2 is 2.09 bits per heavy atom. The minimum atomic E-state index is -0.488. The van der Waals surface area contributed by atoms with Crippen LogP contribution in [0.1, 0.15) is 36.0 Å². The van der Waals surface area contributed by atoms with Gasteiger partial charge in [0.05, 0.1) is 7.11 Å². The van der Waals surface area contributed by atoms with Crippen molar-refractivity contribution >= 4 is 5.91 Å². The van der Waals surface area contributed by atoms with Crippen LogP contribution < -0.4 is 10.1 Å². The monoisotopic (exact) mass is 306 g/mol. The first kappa shape index (κ1) is 15.3. The molecule has 1 aromatic rings. The number of amides is 1. The van der Waals surface area contributed by atoms with Crippen molar-refractivity contribution in [2.45, 2.75) is 31.7 Å². The lowest BCUT2D eigenvalue weighted by Crippen LogP contribution is -2.43. The molecule has 3 rings (SSSR count). The molecule has 2 saturated heterocycles. The Bertz CT molecular complexity index is 535. The summed E-state index contributed by atoms with van der Waals surface area (Å²) < 4.78 is 18.6. The summed E-state index contributed by atoms with van der Waals surface area (Å²) >= 11 is 0. The molecule has 5 heteroatoms. The number of hydrogen-bond donors (Lipinski definition) is 1. The molecule has 1 amide bonds. The summed E-state index contributed by atoms with van der Waals surface area (Å²) in [5, 5.41) is 3.56. The quantitative estimate of drug-likeness (QED) is 0.932. The van der Waals surface area contributed by atoms with E-state index in [1.165, 1.54) is 32.1 Å². The van der Waals surface area contributed by atoms with Crippen molar-refractivity contribution in [3.05, 3.63) is 29.6 Å². The van der Waals surface area contributed by atoms with Gasteiger partial charge in [0.1, 0.15) is 0 Å². The third-order valence-corrected chi connectivity index (χ3v) is 4.89. The van der Waals surface area contributed by atoms with Gasteiger partial charge in [-0.2, -0.15) is 0 Å². The number of benzene rings is 1. The Morgan fingerprint density at radius 1 is 1.32 bits per heavy atom. The molecule has 0 saturated carbocycles. The fourth-order valence-electron chi connectivity index (χ4n) is 3.60. The predicted molar refractivity (Wildman–Crippen MR) is 82.6 cm³/mol. The Labute approximate surface area is 130 Å². The van der Waals surface area contributed by atoms with E-state index in [0.29, 0.717) is 17.5 Å². The molecule has 0 spiro atoms. The SMILES string of the molecule is COc1ccc(C(=O)N2CCC(C3CCCN3)CC2)cc1F. The maximum Gasteiger partial charge on any atom is 0.253 e. The number of carbonyl (C=O) groups excluding carboxylic acids is 1. The molecule has 2 aliphatic rings. The molecule has 1 aromatic carbocycles. The number of carbonyl (C=O) groups is 1. The van der Waals surface area contributed by atoms with Gasteiger partial charge in [-0.3, -0.25) is 4.79 Å². The molecular formula is C17H23FN2O2. The topological polar surface area (TPSA) is 41.6 Å². The van der Waals surface area contributed by atoms with E-state index < -0.39 is 5.82 Å². The highest BCUT2D eigenvalue weighted by Gasteiger charge is 2.30. The van der Waals surface area contributed by atoms with Gasteiger partial charge in [0, 0.05) is 24.7 Å². The first-order chi connectivity index (χ1) is 10.7. The zero-order chi connectivity index (χ0) is 15.5. The Balaban J connectivity index is 1.60. The molecule has 0 aromatic heterocycles. The summed E-state index contributed by atoms with van der Waals surface area (Å²) in [6.45, 7) is 2.64. The van der Waals surface area contributed by atoms with Crippen LogP contribution in [-0.2, 0) is 0 Å². The summed E-state index contributed by atoms with van der Waals surface area (Å²) in [6.07, 6.45) is 4.57. The molecule has 22 heavy (non-hydrogen) atoms. The number of methoxy groups -OCH3 is 1. The van der Waals surface area contributed by atoms with E-state index >= 15 is 0 Å². The number of nitrogens with zero attached hydrogens (tertiary/aromatic N) is 1. The summed E-state index contributed by atoms with van der Waals surface area (Å²) in [6, 6.07) is 5.04. The largest absolute Gasteiger partial charge is 0.494 e. The van der Waals surface area contributed by atoms with Crippen LogP contribution in [0.5, 0.6) is 5.75 Å². The van der Waals surface area contributed by atoms with Crippen molar-refractivity contribution in [3.8, 4) is 5.75 Å². The van der Waals surface area contributed by atoms with E-state index in [9.17, 15) is 9.18 Å². The lowest BCUT2D eigenvalue weighted by molar-refractivity contribution is 0.0674. The number of likely N-dealkylation sites (tertiary alicyclic amines) is 1. The van der Waals surface area contributed by atoms with Crippen molar-refractivity contribution in [2.75, 3.05) is 26.7 Å². The van der Waals surface area contributed by atoms with Gasteiger partial charge >= 0.3 is 0 Å². The maximum absolute atomic E-state index is 13.7. The van der Waals surface area contributed by atoms with Gasteiger partial charge in [-0.1, -0.05) is 0 Å². The van der Waals surface area contributed by atoms with Crippen LogP contribution in [0, 0.1) is 11.7 Å². The molecule has 2 fully saturated rings. The lowest BCUT2D eigenvalue weighted by atomic mass is 9.88. The van der Waals surface area contributed by atoms with Gasteiger partial charge in [0.2, 0.25) is 0 Å². The lowest BCUT2D eigenvalue weighted by Gasteiger charge is -2.35. The normalized spacial score (nSPS) is 22.8. The van der Waals surface area contributed by atoms with E-state index in [-0.39, 0.29) is 11.7 Å². The second kappa shape index (κ2) is 6.65. The third kappa shape index (κ3) is 3.09. The van der Waals surface area contributed by atoms with Crippen LogP contribution in [0.3, 0.4) is 0 Å². The van der Waals surface area contributed by atoms with E-state index in [2.05, 4.69) is 5.32 Å². The molecule has 2 aliphatic heterocycles. The minimum Gasteiger partial charge on any atom is -0.494 e. The number of nitrogens with one attached hydrogen (secondary N) is 1. The Kier molecular flexibility index (Phi) is 4.62. The van der Waals surface area contributed by atoms with Crippen molar-refractivity contribution < 1.29 is 13.9 Å². The highest BCUT2D eigenvalue weighted by molar-refractivity contribution is 5.94. The number of halogens is 1. The summed E-state index contributed by atoms with van der Waals surface area (Å²) in [7, 11) is 1.42. The van der Waals surface area contributed by atoms with Crippen LogP contribution >= 0.6 is 0 Å². The molecule has 120 valence electrons. The van der Waals surface area contributed by atoms with Crippen molar-refractivity contribution in [1.82, 2.24) is 10.2 Å². The summed E-state index contributed by atoms with van der Waals surface area (Å²) in [5.41, 5.74) is 0.399. The summed E-state index contributed by atoms with van der Waals surface area (Å²) in [5.74, 6) is 0.263. The highest BCUT2D eigenvalue weighted by Crippen LogP contribution is 2.27. The molecular weight excluding hydrogens is 283 g/mol. The molecule has 4 nitrogen and oxygen atoms in total. The first-order valence-electron chi connectivity index (χ1n) is 8.05. The maximum atomic E-state index is 13.7. The highest BCUT2D eigenvalue weighted by atomic mass is 19.1. The molecule has 0 bridgehead atoms. The van der Waals surface area contributed by atoms with Gasteiger partial charge in [-0.15, -0.1) is 0 Å². The molecule has 0 aliphatic carbocycles. The van der Waals surface area contributed by atoms with Crippen LogP contribution in [0.4, 0.5) is 4.39 Å². The van der Waals surface area contributed by atoms with Crippen molar-refractivity contribution in [2.24, 2.45) is 5.92 Å². The Hall–Kier alpha value is -1.62. The van der Waals surface area contributed by atoms with Gasteiger partial charge in [-0.05, 0) is 56.3 Å². The van der Waals surface area contributed by atoms with Gasteiger partial charge in [-0.25, -0.2) is 4.39 Å². The van der Waals surface area contributed by atoms with E-state index in [0.717, 1.165) is 32.5 Å². The Morgan fingerprint density at radius 3 is 2.68 bits per heavy atom. The molecule has 0 radical (unpaired) electrons. The van der Waals surface area contributed by atoms with Crippen molar-refractivity contribution in [1.29, 1.82) is 0 Å². The third-order valence-electron chi connectivity index (χ3n) is 4.89. The molecule has 1 N–H and O–H groups in total. The van der Waals surface area contributed by atoms with Crippen molar-refractivity contribution in [3.63, 3.8) is 0 Å². The minimum absolute atomic E-state index is 0.0839. The van der Waals surface area contributed by atoms with Gasteiger partial charge in [0.15, 0.2) is 11.6 Å². The van der Waals surface area contributed by atoms with E-state index in [4.69, 9.17) is 4.74 Å². The molecule has 1 atom stereocenters. The first-order valence-corrected chi connectivity index (χ1v) is 8.05. The average molecular weight is 306 g/mol. The number of hydrogen-bond acceptors (Lipinski definition) is 3. The van der Waals surface area contributed by atoms with Crippen LogP contribution in [0.25, 0.3) is 0 Å². The van der Waals surface area contributed by atoms with Crippen LogP contribution in [0.15, 0.2) is 18.2 Å². The zero-order valence-corrected chi connectivity index (χ0v) is 13.0. The number of rotatable bonds is 3. The van der Waals surface area contributed by atoms with E-state index in [1.807, 2.05) is 4.90 Å². The fourth-order valence-corrected chi connectivity index (χ4v) is 3.60. The van der Waals surface area contributed by atoms with Crippen LogP contribution in [-0.4, -0.2) is 43.6 Å². The average Bonchev–Trinajstić information content (AvgIpc) is 3.09. The predicted octanol–water partition coefficient (Wildman–Crippen LogP) is 2.44. The summed E-state index contributed by atoms with van der Waals surface area (Å²) in [4.78, 5) is 14.3. The number of ether oxygens (including phenoxy) is 1. The smallest absolute Gasteiger partial charge is 0.253 e. The fraction of sp³-hybridized carbons (Fsp3) is 0.588. The molecule has 1 unspecified atom stereocenters. The zero-order valence-electron chi connectivity index (χ0n) is 13.0. The van der Waals surface area contributed by atoms with Crippen LogP contribution in [0.2, 0.25) is 0 Å². The molecule has 2 heterocycles. The van der Waals surface area contributed by atoms with Gasteiger partial charge < -0.3 is 15.0 Å². The van der Waals surface area contributed by atoms with E-state index in [1.54, 1.807) is 6.07 Å². The number of piperidine rings is 1.